The van der Waals surface area contributed by atoms with Gasteiger partial charge in [-0.25, -0.2) is 4.79 Å². The van der Waals surface area contributed by atoms with Gasteiger partial charge in [0.05, 0.1) is 13.2 Å². The van der Waals surface area contributed by atoms with E-state index in [9.17, 15) is 15.0 Å². The second-order valence-corrected chi connectivity index (χ2v) is 8.06. The predicted octanol–water partition coefficient (Wildman–Crippen LogP) is 7.35. The highest BCUT2D eigenvalue weighted by Crippen LogP contribution is 2.35. The first-order chi connectivity index (χ1) is 14.6. The minimum Gasteiger partial charge on any atom is -0.504 e. The van der Waals surface area contributed by atoms with Crippen LogP contribution in [0.1, 0.15) is 114 Å². The van der Waals surface area contributed by atoms with Gasteiger partial charge >= 0.3 is 5.97 Å². The van der Waals surface area contributed by atoms with Gasteiger partial charge in [-0.3, -0.25) is 0 Å². The highest BCUT2D eigenvalue weighted by molar-refractivity contribution is 5.92. The Morgan fingerprint density at radius 3 is 1.70 bits per heavy atom. The Labute approximate surface area is 182 Å². The molecule has 0 unspecified atom stereocenters. The van der Waals surface area contributed by atoms with E-state index in [2.05, 4.69) is 13.8 Å². The monoisotopic (exact) mass is 422 g/mol. The van der Waals surface area contributed by atoms with E-state index in [1.54, 1.807) is 6.07 Å². The normalized spacial score (nSPS) is 10.9. The number of aromatic carboxylic acids is 1. The lowest BCUT2D eigenvalue weighted by Gasteiger charge is -2.13. The topological polar surface area (TPSA) is 76.0 Å². The van der Waals surface area contributed by atoms with E-state index in [4.69, 9.17) is 9.47 Å². The average molecular weight is 423 g/mol. The molecule has 0 heterocycles. The van der Waals surface area contributed by atoms with Gasteiger partial charge in [-0.05, 0) is 18.9 Å². The number of ether oxygens (including phenoxy) is 2. The van der Waals surface area contributed by atoms with E-state index in [-0.39, 0.29) is 17.1 Å². The predicted molar refractivity (Wildman–Crippen MR) is 122 cm³/mol. The van der Waals surface area contributed by atoms with Crippen LogP contribution in [0.15, 0.2) is 12.1 Å². The van der Waals surface area contributed by atoms with Crippen LogP contribution >= 0.6 is 0 Å². The maximum Gasteiger partial charge on any atom is 0.339 e. The molecule has 1 aromatic rings. The smallest absolute Gasteiger partial charge is 0.339 e. The zero-order valence-electron chi connectivity index (χ0n) is 19.1. The fourth-order valence-corrected chi connectivity index (χ4v) is 3.43. The number of hydrogen-bond acceptors (Lipinski definition) is 4. The highest BCUT2D eigenvalue weighted by atomic mass is 16.5. The molecule has 0 saturated carbocycles. The van der Waals surface area contributed by atoms with E-state index < -0.39 is 5.97 Å². The van der Waals surface area contributed by atoms with Crippen LogP contribution < -0.4 is 9.47 Å². The minimum absolute atomic E-state index is 0.179. The molecule has 0 fully saturated rings. The maximum atomic E-state index is 11.5. The molecule has 5 nitrogen and oxygen atoms in total. The molecule has 2 N–H and O–H groups in total. The van der Waals surface area contributed by atoms with E-state index in [0.717, 1.165) is 25.7 Å². The van der Waals surface area contributed by atoms with Crippen LogP contribution in [0.25, 0.3) is 0 Å². The molecule has 30 heavy (non-hydrogen) atoms. The standard InChI is InChI=1S/C25H42O5/c1-3-5-7-9-11-13-15-17-29-21-19-22(25(27)28)24(26)23(20-21)30-18-16-14-12-10-8-6-4-2/h19-20,26H,3-18H2,1-2H3,(H,27,28). The lowest BCUT2D eigenvalue weighted by molar-refractivity contribution is 0.0692. The molecule has 0 aliphatic rings. The second-order valence-electron chi connectivity index (χ2n) is 8.06. The summed E-state index contributed by atoms with van der Waals surface area (Å²) in [4.78, 5) is 11.5. The highest BCUT2D eigenvalue weighted by Gasteiger charge is 2.17. The summed E-state index contributed by atoms with van der Waals surface area (Å²) >= 11 is 0. The summed E-state index contributed by atoms with van der Waals surface area (Å²) in [6.07, 6.45) is 16.5. The Balaban J connectivity index is 2.43. The number of unbranched alkanes of at least 4 members (excludes halogenated alkanes) is 12. The summed E-state index contributed by atoms with van der Waals surface area (Å²) < 4.78 is 11.4. The Hall–Kier alpha value is -1.91. The second kappa shape index (κ2) is 16.8. The molecule has 0 aliphatic heterocycles. The number of rotatable bonds is 19. The van der Waals surface area contributed by atoms with Crippen molar-refractivity contribution >= 4 is 5.97 Å². The van der Waals surface area contributed by atoms with Crippen molar-refractivity contribution in [2.24, 2.45) is 0 Å². The van der Waals surface area contributed by atoms with Gasteiger partial charge < -0.3 is 19.7 Å². The number of carbonyl (C=O) groups is 1. The van der Waals surface area contributed by atoms with Crippen LogP contribution in [0.2, 0.25) is 0 Å². The Morgan fingerprint density at radius 2 is 1.20 bits per heavy atom. The number of aromatic hydroxyl groups is 1. The van der Waals surface area contributed by atoms with Crippen molar-refractivity contribution in [2.75, 3.05) is 13.2 Å². The van der Waals surface area contributed by atoms with Crippen molar-refractivity contribution in [1.82, 2.24) is 0 Å². The quantitative estimate of drug-likeness (QED) is 0.228. The lowest BCUT2D eigenvalue weighted by atomic mass is 10.1. The first kappa shape index (κ1) is 26.1. The number of hydrogen-bond donors (Lipinski definition) is 2. The number of carboxylic acids is 1. The molecule has 0 amide bonds. The third-order valence-corrected chi connectivity index (χ3v) is 5.30. The Kier molecular flexibility index (Phi) is 14.7. The molecule has 1 rings (SSSR count). The molecule has 0 radical (unpaired) electrons. The summed E-state index contributed by atoms with van der Waals surface area (Å²) in [5, 5.41) is 19.6. The van der Waals surface area contributed by atoms with Gasteiger partial charge in [0.1, 0.15) is 11.3 Å². The first-order valence-corrected chi connectivity index (χ1v) is 12.0. The summed E-state index contributed by atoms with van der Waals surface area (Å²) in [7, 11) is 0. The van der Waals surface area contributed by atoms with Crippen molar-refractivity contribution in [1.29, 1.82) is 0 Å². The molecule has 172 valence electrons. The van der Waals surface area contributed by atoms with Crippen LogP contribution in [-0.4, -0.2) is 29.4 Å². The molecule has 0 saturated heterocycles. The van der Waals surface area contributed by atoms with Gasteiger partial charge in [0.2, 0.25) is 0 Å². The van der Waals surface area contributed by atoms with Crippen LogP contribution in [-0.2, 0) is 0 Å². The maximum absolute atomic E-state index is 11.5. The fraction of sp³-hybridized carbons (Fsp3) is 0.720. The summed E-state index contributed by atoms with van der Waals surface area (Å²) in [6, 6.07) is 2.98. The first-order valence-electron chi connectivity index (χ1n) is 12.0. The van der Waals surface area contributed by atoms with Gasteiger partial charge in [-0.2, -0.15) is 0 Å². The number of benzene rings is 1. The van der Waals surface area contributed by atoms with Crippen molar-refractivity contribution in [3.63, 3.8) is 0 Å². The summed E-state index contributed by atoms with van der Waals surface area (Å²) in [5.41, 5.74) is -0.179. The van der Waals surface area contributed by atoms with E-state index >= 15 is 0 Å². The molecule has 0 bridgehead atoms. The molecule has 0 aromatic heterocycles. The van der Waals surface area contributed by atoms with Crippen molar-refractivity contribution < 1.29 is 24.5 Å². The zero-order valence-corrected chi connectivity index (χ0v) is 19.1. The van der Waals surface area contributed by atoms with Crippen molar-refractivity contribution in [3.05, 3.63) is 17.7 Å². The molecule has 0 spiro atoms. The Morgan fingerprint density at radius 1 is 0.733 bits per heavy atom. The summed E-state index contributed by atoms with van der Waals surface area (Å²) in [5.74, 6) is -0.885. The van der Waals surface area contributed by atoms with Crippen LogP contribution in [0, 0.1) is 0 Å². The van der Waals surface area contributed by atoms with Gasteiger partial charge in [0.15, 0.2) is 11.5 Å². The molecule has 0 aliphatic carbocycles. The van der Waals surface area contributed by atoms with Gasteiger partial charge in [-0.1, -0.05) is 90.9 Å². The van der Waals surface area contributed by atoms with E-state index in [1.165, 1.54) is 70.3 Å². The zero-order chi connectivity index (χ0) is 22.0. The van der Waals surface area contributed by atoms with Gasteiger partial charge in [0, 0.05) is 6.07 Å². The lowest BCUT2D eigenvalue weighted by Crippen LogP contribution is -2.04. The van der Waals surface area contributed by atoms with Crippen molar-refractivity contribution in [3.8, 4) is 17.2 Å². The minimum atomic E-state index is -1.19. The SMILES string of the molecule is CCCCCCCCCOc1cc(OCCCCCCCCC)c(O)c(C(=O)O)c1. The third-order valence-electron chi connectivity index (χ3n) is 5.30. The van der Waals surface area contributed by atoms with Crippen LogP contribution in [0.5, 0.6) is 17.2 Å². The van der Waals surface area contributed by atoms with Crippen LogP contribution in [0.4, 0.5) is 0 Å². The largest absolute Gasteiger partial charge is 0.504 e. The molecule has 0 atom stereocenters. The van der Waals surface area contributed by atoms with Crippen LogP contribution in [0.3, 0.4) is 0 Å². The average Bonchev–Trinajstić information content (AvgIpc) is 2.73. The van der Waals surface area contributed by atoms with E-state index in [0.29, 0.717) is 19.0 Å². The molecule has 5 heteroatoms. The third kappa shape index (κ3) is 11.3. The van der Waals surface area contributed by atoms with E-state index in [1.807, 2.05) is 0 Å². The van der Waals surface area contributed by atoms with Gasteiger partial charge in [0.25, 0.3) is 0 Å². The Bertz CT molecular complexity index is 585. The molecular formula is C25H42O5. The molecule has 1 aromatic carbocycles. The van der Waals surface area contributed by atoms with Gasteiger partial charge in [-0.15, -0.1) is 0 Å². The number of carboxylic acid groups (broad SMARTS) is 1. The fourth-order valence-electron chi connectivity index (χ4n) is 3.43. The number of phenols is 1. The molecular weight excluding hydrogens is 380 g/mol. The van der Waals surface area contributed by atoms with Crippen molar-refractivity contribution in [2.45, 2.75) is 104 Å². The summed E-state index contributed by atoms with van der Waals surface area (Å²) in [6.45, 7) is 5.41.